The van der Waals surface area contributed by atoms with Crippen molar-refractivity contribution in [2.24, 2.45) is 0 Å². The minimum atomic E-state index is 0.0485. The molecule has 3 heterocycles. The van der Waals surface area contributed by atoms with Gasteiger partial charge in [0, 0.05) is 51.4 Å². The molecule has 134 valence electrons. The molecule has 1 unspecified atom stereocenters. The molecule has 0 aromatic carbocycles. The van der Waals surface area contributed by atoms with Crippen molar-refractivity contribution in [2.75, 3.05) is 32.1 Å². The second-order valence-corrected chi connectivity index (χ2v) is 6.91. The van der Waals surface area contributed by atoms with Gasteiger partial charge in [-0.05, 0) is 44.1 Å². The molecule has 1 amide bonds. The van der Waals surface area contributed by atoms with E-state index in [-0.39, 0.29) is 11.8 Å². The highest BCUT2D eigenvalue weighted by atomic mass is 32.1. The van der Waals surface area contributed by atoms with Crippen LogP contribution in [0.25, 0.3) is 0 Å². The average Bonchev–Trinajstić information content (AvgIpc) is 3.02. The van der Waals surface area contributed by atoms with Gasteiger partial charge in [-0.3, -0.25) is 9.89 Å². The van der Waals surface area contributed by atoms with Crippen LogP contribution >= 0.6 is 12.2 Å². The minimum Gasteiger partial charge on any atom is -0.363 e. The first-order valence-corrected chi connectivity index (χ1v) is 8.99. The lowest BCUT2D eigenvalue weighted by Crippen LogP contribution is -2.39. The third-order valence-electron chi connectivity index (χ3n) is 4.63. The Morgan fingerprint density at radius 2 is 2.28 bits per heavy atom. The number of pyridine rings is 1. The predicted molar refractivity (Wildman–Crippen MR) is 99.5 cm³/mol. The molecule has 0 saturated carbocycles. The molecule has 0 aliphatic carbocycles. The molecule has 1 atom stereocenters. The van der Waals surface area contributed by atoms with Gasteiger partial charge in [0.15, 0.2) is 4.77 Å². The molecular weight excluding hydrogens is 336 g/mol. The molecule has 8 heteroatoms. The van der Waals surface area contributed by atoms with Crippen LogP contribution in [0, 0.1) is 4.77 Å². The molecule has 0 radical (unpaired) electrons. The Bertz CT molecular complexity index is 811. The molecule has 2 aromatic rings. The lowest BCUT2D eigenvalue weighted by Gasteiger charge is -2.32. The zero-order valence-electron chi connectivity index (χ0n) is 14.9. The van der Waals surface area contributed by atoms with Crippen molar-refractivity contribution in [3.8, 4) is 0 Å². The number of nitrogens with zero attached hydrogens (tertiary/aromatic N) is 5. The zero-order valence-corrected chi connectivity index (χ0v) is 15.7. The van der Waals surface area contributed by atoms with Crippen molar-refractivity contribution in [3.63, 3.8) is 0 Å². The van der Waals surface area contributed by atoms with E-state index in [9.17, 15) is 4.79 Å². The van der Waals surface area contributed by atoms with Crippen LogP contribution in [0.2, 0.25) is 0 Å². The molecular formula is C17H24N6OS. The molecule has 1 saturated heterocycles. The largest absolute Gasteiger partial charge is 0.363 e. The number of rotatable bonds is 4. The topological polar surface area (TPSA) is 70.1 Å². The number of aromatic amines is 1. The van der Waals surface area contributed by atoms with Crippen molar-refractivity contribution < 1.29 is 4.79 Å². The normalized spacial score (nSPS) is 17.6. The van der Waals surface area contributed by atoms with Gasteiger partial charge in [-0.1, -0.05) is 0 Å². The molecule has 1 aliphatic heterocycles. The van der Waals surface area contributed by atoms with Crippen molar-refractivity contribution in [1.29, 1.82) is 0 Å². The van der Waals surface area contributed by atoms with Gasteiger partial charge >= 0.3 is 0 Å². The Morgan fingerprint density at radius 1 is 1.48 bits per heavy atom. The highest BCUT2D eigenvalue weighted by Crippen LogP contribution is 2.27. The van der Waals surface area contributed by atoms with E-state index in [1.807, 2.05) is 34.5 Å². The quantitative estimate of drug-likeness (QED) is 0.848. The van der Waals surface area contributed by atoms with Crippen LogP contribution in [0.4, 0.5) is 5.82 Å². The van der Waals surface area contributed by atoms with E-state index in [0.717, 1.165) is 37.6 Å². The maximum atomic E-state index is 12.9. The Labute approximate surface area is 152 Å². The smallest absolute Gasteiger partial charge is 0.254 e. The average molecular weight is 360 g/mol. The first-order chi connectivity index (χ1) is 12.0. The first-order valence-electron chi connectivity index (χ1n) is 8.59. The van der Waals surface area contributed by atoms with E-state index in [2.05, 4.69) is 22.1 Å². The summed E-state index contributed by atoms with van der Waals surface area (Å²) in [4.78, 5) is 21.0. The van der Waals surface area contributed by atoms with Crippen molar-refractivity contribution in [2.45, 2.75) is 32.2 Å². The van der Waals surface area contributed by atoms with E-state index in [0.29, 0.717) is 16.9 Å². The monoisotopic (exact) mass is 360 g/mol. The second kappa shape index (κ2) is 7.35. The Kier molecular flexibility index (Phi) is 5.17. The number of carbonyl (C=O) groups excluding carboxylic acids is 1. The molecule has 0 bridgehead atoms. The van der Waals surface area contributed by atoms with Crippen LogP contribution in [0.3, 0.4) is 0 Å². The molecule has 1 N–H and O–H groups in total. The summed E-state index contributed by atoms with van der Waals surface area (Å²) in [7, 11) is 3.84. The fourth-order valence-electron chi connectivity index (χ4n) is 3.30. The van der Waals surface area contributed by atoms with Gasteiger partial charge in [0.05, 0.1) is 0 Å². The number of amides is 1. The lowest BCUT2D eigenvalue weighted by molar-refractivity contribution is 0.0703. The summed E-state index contributed by atoms with van der Waals surface area (Å²) in [6.07, 6.45) is 3.67. The summed E-state index contributed by atoms with van der Waals surface area (Å²) >= 11 is 5.29. The van der Waals surface area contributed by atoms with Crippen LogP contribution in [-0.4, -0.2) is 57.7 Å². The SMILES string of the molecule is CCn1c(C2CCCN(C(=O)c3ccnc(N(C)C)c3)C2)n[nH]c1=S. The molecule has 25 heavy (non-hydrogen) atoms. The van der Waals surface area contributed by atoms with Gasteiger partial charge in [-0.25, -0.2) is 4.98 Å². The van der Waals surface area contributed by atoms with E-state index < -0.39 is 0 Å². The molecule has 1 fully saturated rings. The summed E-state index contributed by atoms with van der Waals surface area (Å²) in [5.41, 5.74) is 0.675. The van der Waals surface area contributed by atoms with E-state index in [4.69, 9.17) is 12.2 Å². The number of aromatic nitrogens is 4. The number of piperidine rings is 1. The molecule has 1 aliphatic rings. The van der Waals surface area contributed by atoms with Crippen molar-refractivity contribution in [3.05, 3.63) is 34.5 Å². The van der Waals surface area contributed by atoms with Gasteiger partial charge < -0.3 is 14.4 Å². The summed E-state index contributed by atoms with van der Waals surface area (Å²) < 4.78 is 2.66. The summed E-state index contributed by atoms with van der Waals surface area (Å²) in [5.74, 6) is 1.99. The van der Waals surface area contributed by atoms with Gasteiger partial charge in [0.25, 0.3) is 5.91 Å². The fourth-order valence-corrected chi connectivity index (χ4v) is 3.57. The number of hydrogen-bond acceptors (Lipinski definition) is 5. The predicted octanol–water partition coefficient (Wildman–Crippen LogP) is 2.44. The Hall–Kier alpha value is -2.22. The van der Waals surface area contributed by atoms with Gasteiger partial charge in [0.2, 0.25) is 0 Å². The van der Waals surface area contributed by atoms with Crippen molar-refractivity contribution >= 4 is 23.9 Å². The molecule has 0 spiro atoms. The van der Waals surface area contributed by atoms with Gasteiger partial charge in [-0.15, -0.1) is 0 Å². The fraction of sp³-hybridized carbons (Fsp3) is 0.529. The van der Waals surface area contributed by atoms with Crippen LogP contribution in [0.1, 0.15) is 41.9 Å². The number of H-pyrrole nitrogens is 1. The Balaban J connectivity index is 1.80. The Morgan fingerprint density at radius 3 is 3.00 bits per heavy atom. The highest BCUT2D eigenvalue weighted by Gasteiger charge is 2.28. The van der Waals surface area contributed by atoms with Crippen LogP contribution in [0.15, 0.2) is 18.3 Å². The standard InChI is InChI=1S/C17H24N6OS/c1-4-23-15(19-20-17(23)25)13-6-5-9-22(11-13)16(24)12-7-8-18-14(10-12)21(2)3/h7-8,10,13H,4-6,9,11H2,1-3H3,(H,20,25). The third kappa shape index (κ3) is 3.58. The van der Waals surface area contributed by atoms with Gasteiger partial charge in [-0.2, -0.15) is 5.10 Å². The third-order valence-corrected chi connectivity index (χ3v) is 4.94. The summed E-state index contributed by atoms with van der Waals surface area (Å²) in [6.45, 7) is 4.27. The van der Waals surface area contributed by atoms with E-state index in [1.165, 1.54) is 0 Å². The molecule has 7 nitrogen and oxygen atoms in total. The number of anilines is 1. The number of nitrogens with one attached hydrogen (secondary N) is 1. The maximum Gasteiger partial charge on any atom is 0.254 e. The minimum absolute atomic E-state index is 0.0485. The first kappa shape index (κ1) is 17.6. The maximum absolute atomic E-state index is 12.9. The lowest BCUT2D eigenvalue weighted by atomic mass is 9.96. The number of carbonyl (C=O) groups is 1. The summed E-state index contributed by atoms with van der Waals surface area (Å²) in [6, 6.07) is 3.62. The van der Waals surface area contributed by atoms with Gasteiger partial charge in [0.1, 0.15) is 11.6 Å². The van der Waals surface area contributed by atoms with Crippen LogP contribution < -0.4 is 4.90 Å². The zero-order chi connectivity index (χ0) is 18.0. The summed E-state index contributed by atoms with van der Waals surface area (Å²) in [5, 5.41) is 7.28. The van der Waals surface area contributed by atoms with E-state index >= 15 is 0 Å². The molecule has 3 rings (SSSR count). The van der Waals surface area contributed by atoms with Crippen molar-refractivity contribution in [1.82, 2.24) is 24.6 Å². The highest BCUT2D eigenvalue weighted by molar-refractivity contribution is 7.71. The number of likely N-dealkylation sites (tertiary alicyclic amines) is 1. The second-order valence-electron chi connectivity index (χ2n) is 6.52. The van der Waals surface area contributed by atoms with Crippen LogP contribution in [-0.2, 0) is 6.54 Å². The number of hydrogen-bond donors (Lipinski definition) is 1. The van der Waals surface area contributed by atoms with Crippen LogP contribution in [0.5, 0.6) is 0 Å². The molecule has 2 aromatic heterocycles. The van der Waals surface area contributed by atoms with E-state index in [1.54, 1.807) is 12.3 Å².